The molecule has 0 unspecified atom stereocenters. The van der Waals surface area contributed by atoms with Crippen LogP contribution in [0.4, 0.5) is 5.82 Å². The summed E-state index contributed by atoms with van der Waals surface area (Å²) in [5.74, 6) is 0.850. The van der Waals surface area contributed by atoms with Gasteiger partial charge in [-0.25, -0.2) is 10.1 Å². The Morgan fingerprint density at radius 2 is 2.35 bits per heavy atom. The summed E-state index contributed by atoms with van der Waals surface area (Å²) in [4.78, 5) is 12.2. The van der Waals surface area contributed by atoms with E-state index in [0.717, 1.165) is 10.3 Å². The van der Waals surface area contributed by atoms with E-state index in [2.05, 4.69) is 11.9 Å². The van der Waals surface area contributed by atoms with E-state index < -0.39 is 5.41 Å². The zero-order chi connectivity index (χ0) is 14.9. The molecule has 108 valence electrons. The molecule has 2 N–H and O–H groups in total. The fourth-order valence-electron chi connectivity index (χ4n) is 2.00. The smallest absolute Gasteiger partial charge is 0.322 e. The number of carbonyl (C=O) groups is 1. The van der Waals surface area contributed by atoms with Crippen LogP contribution in [0.1, 0.15) is 38.4 Å². The van der Waals surface area contributed by atoms with Crippen molar-refractivity contribution in [1.82, 2.24) is 0 Å². The summed E-state index contributed by atoms with van der Waals surface area (Å²) in [7, 11) is 0. The quantitative estimate of drug-likeness (QED) is 0.655. The summed E-state index contributed by atoms with van der Waals surface area (Å²) in [6.45, 7) is 9.96. The average molecular weight is 277 g/mol. The van der Waals surface area contributed by atoms with Crippen molar-refractivity contribution >= 4 is 17.8 Å². The summed E-state index contributed by atoms with van der Waals surface area (Å²) in [5.41, 5.74) is 0.941. The molecule has 1 aliphatic rings. The largest absolute Gasteiger partial charge is 0.488 e. The number of hydrogen-bond donors (Lipinski definition) is 2. The van der Waals surface area contributed by atoms with Gasteiger partial charge in [0.2, 0.25) is 0 Å². The summed E-state index contributed by atoms with van der Waals surface area (Å²) in [5, 5.41) is 13.0. The number of anilines is 1. The molecule has 1 aromatic rings. The third kappa shape index (κ3) is 2.35. The first-order valence-corrected chi connectivity index (χ1v) is 6.78. The number of pyridine rings is 1. The lowest BCUT2D eigenvalue weighted by Gasteiger charge is -2.17. The zero-order valence-electron chi connectivity index (χ0n) is 12.2. The molecule has 0 fully saturated rings. The van der Waals surface area contributed by atoms with Gasteiger partial charge in [-0.15, -0.1) is 0 Å². The lowest BCUT2D eigenvalue weighted by molar-refractivity contribution is -0.897. The van der Waals surface area contributed by atoms with E-state index in [1.54, 1.807) is 12.1 Å². The normalized spacial score (nSPS) is 13.6. The molecule has 20 heavy (non-hydrogen) atoms. The molecular formula is C15H21N2O3+. The van der Waals surface area contributed by atoms with E-state index in [4.69, 9.17) is 4.74 Å². The van der Waals surface area contributed by atoms with Crippen LogP contribution >= 0.6 is 0 Å². The van der Waals surface area contributed by atoms with Crippen molar-refractivity contribution in [2.75, 3.05) is 11.9 Å². The second-order valence-corrected chi connectivity index (χ2v) is 5.57. The van der Waals surface area contributed by atoms with Crippen LogP contribution in [0.3, 0.4) is 0 Å². The Labute approximate surface area is 118 Å². The molecule has 1 aliphatic heterocycles. The number of amides is 1. The molecule has 0 saturated carbocycles. The highest BCUT2D eigenvalue weighted by atomic mass is 16.5. The van der Waals surface area contributed by atoms with Crippen molar-refractivity contribution in [1.29, 1.82) is 0 Å². The van der Waals surface area contributed by atoms with Crippen LogP contribution in [0.15, 0.2) is 12.6 Å². The molecule has 1 amide bonds. The number of carbonyl (C=O) groups excluding carboxylic acids is 1. The third-order valence-electron chi connectivity index (χ3n) is 3.85. The van der Waals surface area contributed by atoms with Crippen LogP contribution < -0.4 is 14.8 Å². The molecule has 2 heterocycles. The first-order chi connectivity index (χ1) is 9.40. The van der Waals surface area contributed by atoms with Gasteiger partial charge in [-0.05, 0) is 25.0 Å². The molecule has 5 nitrogen and oxygen atoms in total. The molecule has 1 aromatic heterocycles. The van der Waals surface area contributed by atoms with Gasteiger partial charge < -0.3 is 9.94 Å². The van der Waals surface area contributed by atoms with Gasteiger partial charge in [0.25, 0.3) is 0 Å². The van der Waals surface area contributed by atoms with Crippen LogP contribution in [-0.2, 0) is 11.2 Å². The van der Waals surface area contributed by atoms with Gasteiger partial charge in [0, 0.05) is 11.6 Å². The molecule has 0 atom stereocenters. The van der Waals surface area contributed by atoms with Crippen LogP contribution in [0.5, 0.6) is 5.75 Å². The maximum absolute atomic E-state index is 12.2. The van der Waals surface area contributed by atoms with Crippen molar-refractivity contribution in [2.45, 2.75) is 33.6 Å². The maximum atomic E-state index is 12.2. The Morgan fingerprint density at radius 1 is 1.65 bits per heavy atom. The highest BCUT2D eigenvalue weighted by molar-refractivity contribution is 5.93. The van der Waals surface area contributed by atoms with Crippen LogP contribution in [0, 0.1) is 5.41 Å². The molecule has 0 aliphatic carbocycles. The highest BCUT2D eigenvalue weighted by Crippen LogP contribution is 2.30. The second kappa shape index (κ2) is 5.15. The first-order valence-electron chi connectivity index (χ1n) is 6.78. The Kier molecular flexibility index (Phi) is 3.70. The standard InChI is InChI=1S/C15H20N2O3/c1-5-10-9-12(16-14(18)15(3,4)6-2)17(19)11-7-8-20-13(10)11/h5,9,19H,1,6-8H2,2-4H3/p+1. The molecule has 0 spiro atoms. The number of ether oxygens (including phenoxy) is 1. The van der Waals surface area contributed by atoms with Gasteiger partial charge >= 0.3 is 11.7 Å². The maximum Gasteiger partial charge on any atom is 0.322 e. The van der Waals surface area contributed by atoms with Gasteiger partial charge in [0.05, 0.1) is 18.4 Å². The number of fused-ring (bicyclic) bond motifs is 1. The molecule has 2 rings (SSSR count). The van der Waals surface area contributed by atoms with Crippen LogP contribution in [0.25, 0.3) is 6.08 Å². The van der Waals surface area contributed by atoms with E-state index in [0.29, 0.717) is 36.7 Å². The van der Waals surface area contributed by atoms with E-state index in [1.165, 1.54) is 0 Å². The number of aromatic nitrogens is 1. The summed E-state index contributed by atoms with van der Waals surface area (Å²) in [6.07, 6.45) is 2.98. The zero-order valence-corrected chi connectivity index (χ0v) is 12.2. The third-order valence-corrected chi connectivity index (χ3v) is 3.85. The van der Waals surface area contributed by atoms with Crippen molar-refractivity contribution in [3.05, 3.63) is 23.9 Å². The van der Waals surface area contributed by atoms with Crippen molar-refractivity contribution in [3.8, 4) is 5.75 Å². The Morgan fingerprint density at radius 3 is 2.95 bits per heavy atom. The second-order valence-electron chi connectivity index (χ2n) is 5.57. The predicted octanol–water partition coefficient (Wildman–Crippen LogP) is 2.16. The first kappa shape index (κ1) is 14.4. The number of nitrogens with zero attached hydrogens (tertiary/aromatic N) is 1. The van der Waals surface area contributed by atoms with E-state index in [9.17, 15) is 10.0 Å². The molecule has 5 heteroatoms. The van der Waals surface area contributed by atoms with Crippen LogP contribution in [-0.4, -0.2) is 17.7 Å². The predicted molar refractivity (Wildman–Crippen MR) is 75.8 cm³/mol. The Bertz CT molecular complexity index is 565. The molecular weight excluding hydrogens is 256 g/mol. The van der Waals surface area contributed by atoms with Gasteiger partial charge in [-0.1, -0.05) is 19.6 Å². The number of rotatable bonds is 4. The fraction of sp³-hybridized carbons (Fsp3) is 0.467. The van der Waals surface area contributed by atoms with E-state index in [-0.39, 0.29) is 5.91 Å². The molecule has 0 aromatic carbocycles. The van der Waals surface area contributed by atoms with Gasteiger partial charge in [0.1, 0.15) is 0 Å². The molecule has 0 radical (unpaired) electrons. The monoisotopic (exact) mass is 277 g/mol. The highest BCUT2D eigenvalue weighted by Gasteiger charge is 2.33. The molecule has 0 bridgehead atoms. The number of hydrogen-bond acceptors (Lipinski definition) is 3. The minimum Gasteiger partial charge on any atom is -0.488 e. The molecule has 0 saturated heterocycles. The summed E-state index contributed by atoms with van der Waals surface area (Å²) >= 11 is 0. The lowest BCUT2D eigenvalue weighted by atomic mass is 9.89. The van der Waals surface area contributed by atoms with Crippen molar-refractivity contribution in [2.24, 2.45) is 5.41 Å². The van der Waals surface area contributed by atoms with Gasteiger partial charge in [-0.3, -0.25) is 0 Å². The number of nitrogens with one attached hydrogen (secondary N) is 1. The SMILES string of the molecule is C=Cc1cc(NC(=O)C(C)(C)CC)[n+](O)c2c1OCC2. The van der Waals surface area contributed by atoms with E-state index >= 15 is 0 Å². The van der Waals surface area contributed by atoms with E-state index in [1.807, 2.05) is 20.8 Å². The fourth-order valence-corrected chi connectivity index (χ4v) is 2.00. The topological polar surface area (TPSA) is 62.4 Å². The average Bonchev–Trinajstić information content (AvgIpc) is 2.91. The minimum atomic E-state index is -0.489. The van der Waals surface area contributed by atoms with Crippen LogP contribution in [0.2, 0.25) is 0 Å². The summed E-state index contributed by atoms with van der Waals surface area (Å²) in [6, 6.07) is 1.67. The van der Waals surface area contributed by atoms with Crippen molar-refractivity contribution in [3.63, 3.8) is 0 Å². The van der Waals surface area contributed by atoms with Crippen molar-refractivity contribution < 1.29 is 19.5 Å². The Hall–Kier alpha value is -2.04. The van der Waals surface area contributed by atoms with Gasteiger partial charge in [0.15, 0.2) is 11.4 Å². The lowest BCUT2D eigenvalue weighted by Crippen LogP contribution is -2.42. The Balaban J connectivity index is 2.39. The summed E-state index contributed by atoms with van der Waals surface area (Å²) < 4.78 is 6.48. The van der Waals surface area contributed by atoms with Gasteiger partial charge in [-0.2, -0.15) is 0 Å². The minimum absolute atomic E-state index is 0.128.